The highest BCUT2D eigenvalue weighted by molar-refractivity contribution is 4.90. The molecule has 0 aromatic carbocycles. The predicted octanol–water partition coefficient (Wildman–Crippen LogP) is 3.85. The van der Waals surface area contributed by atoms with Gasteiger partial charge in [-0.1, -0.05) is 19.8 Å². The van der Waals surface area contributed by atoms with E-state index in [0.717, 1.165) is 24.2 Å². The maximum atomic E-state index is 3.98. The van der Waals surface area contributed by atoms with Crippen LogP contribution in [0, 0.1) is 12.8 Å². The van der Waals surface area contributed by atoms with Crippen molar-refractivity contribution in [2.75, 3.05) is 188 Å². The van der Waals surface area contributed by atoms with Gasteiger partial charge in [-0.25, -0.2) is 4.98 Å². The van der Waals surface area contributed by atoms with E-state index in [1.165, 1.54) is 169 Å². The molecule has 1 aromatic rings. The Kier molecular flexibility index (Phi) is 31.7. The number of aryl methyl sites for hydroxylation is 2. The zero-order valence-electron chi connectivity index (χ0n) is 40.3. The smallest absolute Gasteiger partial charge is 0.0946 e. The van der Waals surface area contributed by atoms with Gasteiger partial charge < -0.3 is 49.1 Å². The fourth-order valence-electron chi connectivity index (χ4n) is 7.37. The molecule has 0 spiro atoms. The number of aromatic nitrogens is 2. The van der Waals surface area contributed by atoms with Crippen molar-refractivity contribution in [2.24, 2.45) is 13.0 Å². The summed E-state index contributed by atoms with van der Waals surface area (Å²) >= 11 is 0. The van der Waals surface area contributed by atoms with Crippen molar-refractivity contribution in [3.05, 3.63) is 18.2 Å². The molecule has 1 aromatic heterocycles. The summed E-state index contributed by atoms with van der Waals surface area (Å²) < 4.78 is 1.93. The number of piperidine rings is 3. The van der Waals surface area contributed by atoms with Crippen LogP contribution in [0.3, 0.4) is 0 Å². The van der Waals surface area contributed by atoms with Gasteiger partial charge in [-0.05, 0) is 174 Å². The summed E-state index contributed by atoms with van der Waals surface area (Å²) in [5.74, 6) is 0.978. The van der Waals surface area contributed by atoms with Crippen LogP contribution in [-0.4, -0.2) is 248 Å². The lowest BCUT2D eigenvalue weighted by Crippen LogP contribution is -2.46. The van der Waals surface area contributed by atoms with Crippen LogP contribution < -0.4 is 5.32 Å². The topological polar surface area (TPSA) is 59.0 Å². The molecule has 6 fully saturated rings. The first kappa shape index (κ1) is 53.8. The molecule has 1 unspecified atom stereocenters. The van der Waals surface area contributed by atoms with Gasteiger partial charge in [-0.3, -0.25) is 4.90 Å². The Hall–Kier alpha value is -1.19. The van der Waals surface area contributed by atoms with E-state index in [1.807, 2.05) is 31.8 Å². The molecule has 1 N–H and O–H groups in total. The Morgan fingerprint density at radius 3 is 1.23 bits per heavy atom. The van der Waals surface area contributed by atoms with Gasteiger partial charge in [-0.15, -0.1) is 0 Å². The van der Waals surface area contributed by atoms with Gasteiger partial charge in [0.05, 0.1) is 12.0 Å². The molecule has 0 radical (unpaired) electrons. The van der Waals surface area contributed by atoms with Gasteiger partial charge >= 0.3 is 0 Å². The van der Waals surface area contributed by atoms with E-state index in [9.17, 15) is 0 Å². The van der Waals surface area contributed by atoms with Crippen LogP contribution in [-0.2, 0) is 7.05 Å². The molecule has 0 saturated carbocycles. The molecule has 57 heavy (non-hydrogen) atoms. The first-order valence-electron chi connectivity index (χ1n) is 23.0. The molecule has 7 heterocycles. The standard InChI is InChI=1S/C8H19N3.C7H16N2.C7H15N.C6H14N2.2C6H13N.C5H8N2/c1-9-3-4-11-7-5-10(2)6-8-11;1-8(2)7-4-5-9(3)6-7;2*1-7-3-5-8(2)6-4-7;2*1-7-5-3-2-4-6-7;1-5-3-7(2)4-6-5/h9H,3-8H2,1-2H3;7H,4-6H2,1-3H3;7H,3-6H2,1-2H3;3-6H2,1-2H3;2*2-6H2,1H3;3-4H,1-2H3. The molecule has 12 heteroatoms. The number of imidazole rings is 1. The molecule has 0 bridgehead atoms. The molecule has 6 aliphatic rings. The quantitative estimate of drug-likeness (QED) is 0.484. The normalized spacial score (nSPS) is 23.8. The molecule has 1 atom stereocenters. The van der Waals surface area contributed by atoms with E-state index >= 15 is 0 Å². The molecule has 0 aliphatic carbocycles. The van der Waals surface area contributed by atoms with Crippen molar-refractivity contribution in [2.45, 2.75) is 77.7 Å². The van der Waals surface area contributed by atoms with Crippen molar-refractivity contribution in [1.82, 2.24) is 59.0 Å². The van der Waals surface area contributed by atoms with Crippen LogP contribution in [0.5, 0.6) is 0 Å². The van der Waals surface area contributed by atoms with Crippen molar-refractivity contribution in [3.63, 3.8) is 0 Å². The molecular formula is C45H98N12. The van der Waals surface area contributed by atoms with Crippen LogP contribution in [0.2, 0.25) is 0 Å². The Balaban J connectivity index is 0.000000334. The number of likely N-dealkylation sites (N-methyl/N-ethyl adjacent to an activating group) is 6. The third-order valence-corrected chi connectivity index (χ3v) is 12.1. The maximum absolute atomic E-state index is 3.98. The van der Waals surface area contributed by atoms with Crippen LogP contribution in [0.15, 0.2) is 12.5 Å². The third-order valence-electron chi connectivity index (χ3n) is 12.1. The minimum atomic E-state index is 0.801. The number of hydrogen-bond acceptors (Lipinski definition) is 11. The zero-order chi connectivity index (χ0) is 42.4. The summed E-state index contributed by atoms with van der Waals surface area (Å²) in [6.07, 6.45) is 16.4. The highest BCUT2D eigenvalue weighted by Crippen LogP contribution is 2.13. The number of nitrogens with one attached hydrogen (secondary N) is 1. The van der Waals surface area contributed by atoms with Crippen LogP contribution in [0.25, 0.3) is 0 Å². The van der Waals surface area contributed by atoms with Crippen molar-refractivity contribution in [1.29, 1.82) is 0 Å². The third kappa shape index (κ3) is 30.5. The van der Waals surface area contributed by atoms with E-state index in [1.54, 1.807) is 6.33 Å². The van der Waals surface area contributed by atoms with E-state index in [-0.39, 0.29) is 0 Å². The minimum absolute atomic E-state index is 0.801. The Morgan fingerprint density at radius 1 is 0.561 bits per heavy atom. The monoisotopic (exact) mass is 807 g/mol. The van der Waals surface area contributed by atoms with E-state index in [0.29, 0.717) is 0 Å². The molecule has 338 valence electrons. The first-order chi connectivity index (χ1) is 27.2. The van der Waals surface area contributed by atoms with Crippen LogP contribution >= 0.6 is 0 Å². The van der Waals surface area contributed by atoms with E-state index in [4.69, 9.17) is 0 Å². The molecule has 0 amide bonds. The predicted molar refractivity (Wildman–Crippen MR) is 249 cm³/mol. The summed E-state index contributed by atoms with van der Waals surface area (Å²) in [5, 5.41) is 3.17. The fourth-order valence-corrected chi connectivity index (χ4v) is 7.37. The fraction of sp³-hybridized carbons (Fsp3) is 0.933. The SMILES string of the molecule is CC1CCN(C)CC1.CN1CCC(N(C)C)C1.CN1CCCCC1.CN1CCCCC1.CN1CCN(C)CC1.CNCCN1CCN(C)CC1.Cc1cn(C)cn1. The highest BCUT2D eigenvalue weighted by atomic mass is 15.3. The van der Waals surface area contributed by atoms with Gasteiger partial charge in [0.1, 0.15) is 0 Å². The van der Waals surface area contributed by atoms with Gasteiger partial charge in [0.15, 0.2) is 0 Å². The van der Waals surface area contributed by atoms with Crippen molar-refractivity contribution >= 4 is 0 Å². The van der Waals surface area contributed by atoms with Gasteiger partial charge in [0.2, 0.25) is 0 Å². The first-order valence-corrected chi connectivity index (χ1v) is 23.0. The number of nitrogens with zero attached hydrogens (tertiary/aromatic N) is 11. The number of likely N-dealkylation sites (tertiary alicyclic amines) is 4. The van der Waals surface area contributed by atoms with Crippen LogP contribution in [0.4, 0.5) is 0 Å². The van der Waals surface area contributed by atoms with E-state index < -0.39 is 0 Å². The van der Waals surface area contributed by atoms with Crippen molar-refractivity contribution < 1.29 is 0 Å². The highest BCUT2D eigenvalue weighted by Gasteiger charge is 2.20. The zero-order valence-corrected chi connectivity index (χ0v) is 40.3. The molecular weight excluding hydrogens is 709 g/mol. The van der Waals surface area contributed by atoms with Crippen LogP contribution in [0.1, 0.15) is 70.4 Å². The molecule has 6 saturated heterocycles. The summed E-state index contributed by atoms with van der Waals surface area (Å²) in [6, 6.07) is 0.801. The summed E-state index contributed by atoms with van der Waals surface area (Å²) in [5.41, 5.74) is 1.07. The van der Waals surface area contributed by atoms with Gasteiger partial charge in [0, 0.05) is 91.3 Å². The lowest BCUT2D eigenvalue weighted by Gasteiger charge is -2.32. The largest absolute Gasteiger partial charge is 0.340 e. The second-order valence-corrected chi connectivity index (χ2v) is 18.4. The summed E-state index contributed by atoms with van der Waals surface area (Å²) in [4.78, 5) is 25.5. The summed E-state index contributed by atoms with van der Waals surface area (Å²) in [7, 11) is 23.6. The average molecular weight is 807 g/mol. The van der Waals surface area contributed by atoms with Crippen molar-refractivity contribution in [3.8, 4) is 0 Å². The lowest BCUT2D eigenvalue weighted by molar-refractivity contribution is 0.155. The molecule has 7 rings (SSSR count). The summed E-state index contributed by atoms with van der Waals surface area (Å²) in [6.45, 7) is 26.9. The minimum Gasteiger partial charge on any atom is -0.340 e. The Morgan fingerprint density at radius 2 is 0.965 bits per heavy atom. The Labute approximate surface area is 355 Å². The molecule has 6 aliphatic heterocycles. The second-order valence-electron chi connectivity index (χ2n) is 18.4. The maximum Gasteiger partial charge on any atom is 0.0946 e. The second kappa shape index (κ2) is 33.5. The Bertz CT molecular complexity index is 928. The average Bonchev–Trinajstić information content (AvgIpc) is 3.82. The van der Waals surface area contributed by atoms with Gasteiger partial charge in [0.25, 0.3) is 0 Å². The van der Waals surface area contributed by atoms with Gasteiger partial charge in [-0.2, -0.15) is 0 Å². The van der Waals surface area contributed by atoms with E-state index in [2.05, 4.69) is 125 Å². The number of rotatable bonds is 4. The number of hydrogen-bond donors (Lipinski definition) is 1. The lowest BCUT2D eigenvalue weighted by atomic mass is 10.00. The molecule has 12 nitrogen and oxygen atoms in total. The number of piperazine rings is 2.